The molecule has 1 saturated heterocycles. The highest BCUT2D eigenvalue weighted by Gasteiger charge is 2.21. The van der Waals surface area contributed by atoms with Crippen LogP contribution in [0.3, 0.4) is 0 Å². The van der Waals surface area contributed by atoms with Crippen molar-refractivity contribution in [2.24, 2.45) is 5.92 Å². The van der Waals surface area contributed by atoms with E-state index in [2.05, 4.69) is 23.9 Å². The van der Waals surface area contributed by atoms with E-state index in [0.717, 1.165) is 25.6 Å². The molecule has 1 aliphatic rings. The van der Waals surface area contributed by atoms with Gasteiger partial charge < -0.3 is 19.6 Å². The average molecular weight is 272 g/mol. The maximum atomic E-state index is 9.92. The van der Waals surface area contributed by atoms with Gasteiger partial charge in [-0.1, -0.05) is 0 Å². The predicted molar refractivity (Wildman–Crippen MR) is 79.4 cm³/mol. The third kappa shape index (κ3) is 7.88. The van der Waals surface area contributed by atoms with Crippen molar-refractivity contribution in [1.29, 1.82) is 0 Å². The second-order valence-electron chi connectivity index (χ2n) is 6.37. The van der Waals surface area contributed by atoms with E-state index in [1.807, 2.05) is 13.8 Å². The van der Waals surface area contributed by atoms with Gasteiger partial charge in [-0.3, -0.25) is 0 Å². The molecule has 0 amide bonds. The normalized spacial score (nSPS) is 20.4. The van der Waals surface area contributed by atoms with Gasteiger partial charge in [0.25, 0.3) is 0 Å². The van der Waals surface area contributed by atoms with Gasteiger partial charge >= 0.3 is 0 Å². The van der Waals surface area contributed by atoms with Gasteiger partial charge in [0.15, 0.2) is 0 Å². The SMILES string of the molecule is CC(C)OCC(O)CN1CCC(CCN(C)C)CC1. The molecule has 0 aromatic heterocycles. The largest absolute Gasteiger partial charge is 0.389 e. The summed E-state index contributed by atoms with van der Waals surface area (Å²) in [6.07, 6.45) is 3.70. The Morgan fingerprint density at radius 1 is 1.26 bits per heavy atom. The quantitative estimate of drug-likeness (QED) is 0.725. The summed E-state index contributed by atoms with van der Waals surface area (Å²) in [4.78, 5) is 4.64. The minimum atomic E-state index is -0.347. The van der Waals surface area contributed by atoms with Crippen LogP contribution in [0.1, 0.15) is 33.1 Å². The van der Waals surface area contributed by atoms with Crippen LogP contribution in [0.4, 0.5) is 0 Å². The van der Waals surface area contributed by atoms with E-state index in [9.17, 15) is 5.11 Å². The molecular weight excluding hydrogens is 240 g/mol. The summed E-state index contributed by atoms with van der Waals surface area (Å²) in [5.41, 5.74) is 0. The second kappa shape index (κ2) is 8.90. The first-order chi connectivity index (χ1) is 8.97. The van der Waals surface area contributed by atoms with Crippen LogP contribution in [-0.2, 0) is 4.74 Å². The highest BCUT2D eigenvalue weighted by atomic mass is 16.5. The number of likely N-dealkylation sites (tertiary alicyclic amines) is 1. The van der Waals surface area contributed by atoms with Crippen molar-refractivity contribution in [3.8, 4) is 0 Å². The van der Waals surface area contributed by atoms with Gasteiger partial charge in [-0.2, -0.15) is 0 Å². The number of aliphatic hydroxyl groups is 1. The van der Waals surface area contributed by atoms with E-state index in [0.29, 0.717) is 6.61 Å². The lowest BCUT2D eigenvalue weighted by Crippen LogP contribution is -2.40. The number of hydrogen-bond donors (Lipinski definition) is 1. The first kappa shape index (κ1) is 16.9. The van der Waals surface area contributed by atoms with Crippen molar-refractivity contribution in [3.05, 3.63) is 0 Å². The van der Waals surface area contributed by atoms with Crippen molar-refractivity contribution in [1.82, 2.24) is 9.80 Å². The van der Waals surface area contributed by atoms with Gasteiger partial charge in [-0.25, -0.2) is 0 Å². The van der Waals surface area contributed by atoms with Gasteiger partial charge in [-0.05, 0) is 72.8 Å². The maximum Gasteiger partial charge on any atom is 0.0900 e. The number of aliphatic hydroxyl groups excluding tert-OH is 1. The summed E-state index contributed by atoms with van der Waals surface area (Å²) in [7, 11) is 4.28. The first-order valence-corrected chi connectivity index (χ1v) is 7.64. The Kier molecular flexibility index (Phi) is 7.91. The van der Waals surface area contributed by atoms with Crippen LogP contribution in [0.2, 0.25) is 0 Å². The zero-order valence-corrected chi connectivity index (χ0v) is 13.1. The minimum Gasteiger partial charge on any atom is -0.389 e. The number of β-amino-alcohol motifs (C(OH)–C–C–N with tert-alkyl or cyclic N) is 1. The Hall–Kier alpha value is -0.160. The fourth-order valence-corrected chi connectivity index (χ4v) is 2.55. The van der Waals surface area contributed by atoms with Crippen LogP contribution in [0.25, 0.3) is 0 Å². The molecule has 0 aromatic carbocycles. The molecule has 1 heterocycles. The Morgan fingerprint density at radius 2 is 1.89 bits per heavy atom. The summed E-state index contributed by atoms with van der Waals surface area (Å²) in [5, 5.41) is 9.92. The van der Waals surface area contributed by atoms with Crippen molar-refractivity contribution in [3.63, 3.8) is 0 Å². The van der Waals surface area contributed by atoms with Crippen molar-refractivity contribution in [2.75, 3.05) is 46.9 Å². The smallest absolute Gasteiger partial charge is 0.0900 e. The molecule has 0 bridgehead atoms. The van der Waals surface area contributed by atoms with Crippen molar-refractivity contribution in [2.45, 2.75) is 45.3 Å². The van der Waals surface area contributed by atoms with Gasteiger partial charge in [0, 0.05) is 6.54 Å². The highest BCUT2D eigenvalue weighted by Crippen LogP contribution is 2.20. The van der Waals surface area contributed by atoms with Crippen LogP contribution in [0.15, 0.2) is 0 Å². The monoisotopic (exact) mass is 272 g/mol. The summed E-state index contributed by atoms with van der Waals surface area (Å²) >= 11 is 0. The molecule has 19 heavy (non-hydrogen) atoms. The summed E-state index contributed by atoms with van der Waals surface area (Å²) in [5.74, 6) is 0.864. The average Bonchev–Trinajstić information content (AvgIpc) is 2.35. The fraction of sp³-hybridized carbons (Fsp3) is 1.00. The van der Waals surface area contributed by atoms with E-state index >= 15 is 0 Å². The number of rotatable bonds is 8. The molecule has 4 heteroatoms. The van der Waals surface area contributed by atoms with E-state index < -0.39 is 0 Å². The molecule has 1 unspecified atom stereocenters. The molecule has 1 N–H and O–H groups in total. The topological polar surface area (TPSA) is 35.9 Å². The van der Waals surface area contributed by atoms with Gasteiger partial charge in [0.05, 0.1) is 18.8 Å². The Balaban J connectivity index is 2.12. The van der Waals surface area contributed by atoms with E-state index in [1.165, 1.54) is 25.8 Å². The summed E-state index contributed by atoms with van der Waals surface area (Å²) < 4.78 is 5.45. The van der Waals surface area contributed by atoms with Crippen LogP contribution < -0.4 is 0 Å². The summed E-state index contributed by atoms with van der Waals surface area (Å²) in [6.45, 7) is 8.65. The van der Waals surface area contributed by atoms with Crippen LogP contribution >= 0.6 is 0 Å². The summed E-state index contributed by atoms with van der Waals surface area (Å²) in [6, 6.07) is 0. The fourth-order valence-electron chi connectivity index (χ4n) is 2.55. The molecule has 114 valence electrons. The molecule has 1 rings (SSSR count). The Morgan fingerprint density at radius 3 is 2.42 bits per heavy atom. The highest BCUT2D eigenvalue weighted by molar-refractivity contribution is 4.75. The molecule has 0 spiro atoms. The molecule has 0 saturated carbocycles. The van der Waals surface area contributed by atoms with E-state index in [1.54, 1.807) is 0 Å². The third-order valence-corrected chi connectivity index (χ3v) is 3.78. The third-order valence-electron chi connectivity index (χ3n) is 3.78. The number of ether oxygens (including phenoxy) is 1. The molecule has 1 aliphatic heterocycles. The lowest BCUT2D eigenvalue weighted by atomic mass is 9.93. The first-order valence-electron chi connectivity index (χ1n) is 7.64. The number of piperidine rings is 1. The van der Waals surface area contributed by atoms with E-state index in [-0.39, 0.29) is 12.2 Å². The lowest BCUT2D eigenvalue weighted by Gasteiger charge is -2.33. The zero-order valence-electron chi connectivity index (χ0n) is 13.1. The number of nitrogens with zero attached hydrogens (tertiary/aromatic N) is 2. The Bertz CT molecular complexity index is 226. The molecular formula is C15H32N2O2. The van der Waals surface area contributed by atoms with Crippen LogP contribution in [-0.4, -0.2) is 74.0 Å². The van der Waals surface area contributed by atoms with Gasteiger partial charge in [-0.15, -0.1) is 0 Å². The van der Waals surface area contributed by atoms with E-state index in [4.69, 9.17) is 4.74 Å². The Labute approximate surface area is 118 Å². The molecule has 0 aromatic rings. The minimum absolute atomic E-state index is 0.200. The van der Waals surface area contributed by atoms with Gasteiger partial charge in [0.1, 0.15) is 0 Å². The second-order valence-corrected chi connectivity index (χ2v) is 6.37. The number of hydrogen-bond acceptors (Lipinski definition) is 4. The van der Waals surface area contributed by atoms with Crippen molar-refractivity contribution >= 4 is 0 Å². The molecule has 1 fully saturated rings. The predicted octanol–water partition coefficient (Wildman–Crippen LogP) is 1.44. The molecule has 4 nitrogen and oxygen atoms in total. The molecule has 0 radical (unpaired) electrons. The van der Waals surface area contributed by atoms with Crippen LogP contribution in [0.5, 0.6) is 0 Å². The van der Waals surface area contributed by atoms with Gasteiger partial charge in [0.2, 0.25) is 0 Å². The lowest BCUT2D eigenvalue weighted by molar-refractivity contribution is -0.0126. The standard InChI is InChI=1S/C15H32N2O2/c1-13(2)19-12-15(18)11-17-9-6-14(7-10-17)5-8-16(3)4/h13-15,18H,5-12H2,1-4H3. The maximum absolute atomic E-state index is 9.92. The van der Waals surface area contributed by atoms with Crippen molar-refractivity contribution < 1.29 is 9.84 Å². The molecule has 1 atom stereocenters. The zero-order chi connectivity index (χ0) is 14.3. The molecule has 0 aliphatic carbocycles. The van der Waals surface area contributed by atoms with Crippen LogP contribution in [0, 0.1) is 5.92 Å².